The minimum atomic E-state index is -3.60. The Morgan fingerprint density at radius 2 is 1.50 bits per heavy atom. The summed E-state index contributed by atoms with van der Waals surface area (Å²) in [5.74, 6) is -0.0566. The Hall–Kier alpha value is -1.77. The van der Waals surface area contributed by atoms with Gasteiger partial charge in [-0.15, -0.1) is 11.3 Å². The van der Waals surface area contributed by atoms with Crippen molar-refractivity contribution < 1.29 is 13.2 Å². The van der Waals surface area contributed by atoms with Gasteiger partial charge in [0.15, 0.2) is 0 Å². The first-order chi connectivity index (χ1) is 13.0. The molecule has 0 spiro atoms. The molecule has 28 heavy (non-hydrogen) atoms. The van der Waals surface area contributed by atoms with E-state index in [0.717, 1.165) is 33.0 Å². The maximum absolute atomic E-state index is 13.4. The predicted molar refractivity (Wildman–Crippen MR) is 112 cm³/mol. The van der Waals surface area contributed by atoms with E-state index in [9.17, 15) is 13.2 Å². The lowest BCUT2D eigenvalue weighted by atomic mass is 10.0. The topological polar surface area (TPSA) is 70.6 Å². The van der Waals surface area contributed by atoms with Gasteiger partial charge in [-0.1, -0.05) is 6.07 Å². The van der Waals surface area contributed by atoms with E-state index < -0.39 is 10.0 Å². The normalized spacial score (nSPS) is 15.9. The summed E-state index contributed by atoms with van der Waals surface area (Å²) in [6.45, 7) is 12.7. The summed E-state index contributed by atoms with van der Waals surface area (Å²) in [6.07, 6.45) is 0. The number of rotatable bonds is 3. The monoisotopic (exact) mass is 421 g/mol. The van der Waals surface area contributed by atoms with E-state index >= 15 is 0 Å². The van der Waals surface area contributed by atoms with Crippen molar-refractivity contribution in [3.63, 3.8) is 0 Å². The number of aryl methyl sites for hydroxylation is 4. The zero-order valence-electron chi connectivity index (χ0n) is 17.3. The molecule has 1 aliphatic rings. The Morgan fingerprint density at radius 1 is 0.964 bits per heavy atom. The van der Waals surface area contributed by atoms with Gasteiger partial charge >= 0.3 is 0 Å². The van der Waals surface area contributed by atoms with E-state index in [1.807, 2.05) is 47.6 Å². The van der Waals surface area contributed by atoms with Gasteiger partial charge in [-0.2, -0.15) is 4.31 Å². The van der Waals surface area contributed by atoms with Crippen LogP contribution in [0.2, 0.25) is 0 Å². The first kappa shape index (κ1) is 21.0. The summed E-state index contributed by atoms with van der Waals surface area (Å²) in [5, 5.41) is 0.864. The number of thiazole rings is 1. The number of carbonyl (C=O) groups is 1. The second-order valence-electron chi connectivity index (χ2n) is 7.43. The van der Waals surface area contributed by atoms with Crippen LogP contribution in [0.15, 0.2) is 11.0 Å². The van der Waals surface area contributed by atoms with Crippen LogP contribution in [0.4, 0.5) is 0 Å². The van der Waals surface area contributed by atoms with Gasteiger partial charge in [0, 0.05) is 26.2 Å². The number of carbonyl (C=O) groups excluding carboxylic acids is 1. The Labute approximate surface area is 171 Å². The Kier molecular flexibility index (Phi) is 5.67. The van der Waals surface area contributed by atoms with Crippen molar-refractivity contribution in [2.45, 2.75) is 46.4 Å². The lowest BCUT2D eigenvalue weighted by Gasteiger charge is -2.34. The molecule has 1 fully saturated rings. The zero-order chi connectivity index (χ0) is 20.8. The highest BCUT2D eigenvalue weighted by atomic mass is 32.2. The van der Waals surface area contributed by atoms with Gasteiger partial charge < -0.3 is 4.90 Å². The maximum atomic E-state index is 13.4. The van der Waals surface area contributed by atoms with Gasteiger partial charge in [-0.05, 0) is 63.8 Å². The number of amides is 1. The van der Waals surface area contributed by atoms with Crippen LogP contribution >= 0.6 is 11.3 Å². The summed E-state index contributed by atoms with van der Waals surface area (Å²) < 4.78 is 28.2. The minimum absolute atomic E-state index is 0.0566. The van der Waals surface area contributed by atoms with Gasteiger partial charge in [0.2, 0.25) is 10.0 Å². The van der Waals surface area contributed by atoms with E-state index in [2.05, 4.69) is 4.98 Å². The largest absolute Gasteiger partial charge is 0.335 e. The average molecular weight is 422 g/mol. The van der Waals surface area contributed by atoms with Crippen molar-refractivity contribution in [3.8, 4) is 0 Å². The first-order valence-electron chi connectivity index (χ1n) is 9.35. The molecule has 0 radical (unpaired) electrons. The highest BCUT2D eigenvalue weighted by Crippen LogP contribution is 2.29. The molecular weight excluding hydrogens is 394 g/mol. The predicted octanol–water partition coefficient (Wildman–Crippen LogP) is 3.14. The van der Waals surface area contributed by atoms with E-state index in [1.54, 1.807) is 4.90 Å². The first-order valence-corrected chi connectivity index (χ1v) is 11.6. The van der Waals surface area contributed by atoms with Gasteiger partial charge in [0.05, 0.1) is 15.6 Å². The van der Waals surface area contributed by atoms with Crippen molar-refractivity contribution in [2.75, 3.05) is 26.2 Å². The molecule has 2 heterocycles. The van der Waals surface area contributed by atoms with E-state index in [4.69, 9.17) is 0 Å². The van der Waals surface area contributed by atoms with E-state index in [1.165, 1.54) is 15.6 Å². The third-order valence-electron chi connectivity index (χ3n) is 5.52. The molecule has 0 saturated carbocycles. The highest BCUT2D eigenvalue weighted by molar-refractivity contribution is 7.89. The molecule has 6 nitrogen and oxygen atoms in total. The molecule has 1 aromatic heterocycles. The molecule has 8 heteroatoms. The van der Waals surface area contributed by atoms with Gasteiger partial charge in [-0.25, -0.2) is 13.4 Å². The molecule has 2 aromatic rings. The van der Waals surface area contributed by atoms with Crippen molar-refractivity contribution in [1.82, 2.24) is 14.2 Å². The third kappa shape index (κ3) is 3.60. The molecule has 1 saturated heterocycles. The summed E-state index contributed by atoms with van der Waals surface area (Å²) in [5.41, 5.74) is 4.30. The Bertz CT molecular complexity index is 1010. The molecule has 0 unspecified atom stereocenters. The molecule has 1 amide bonds. The van der Waals surface area contributed by atoms with Crippen LogP contribution in [0.1, 0.15) is 42.6 Å². The van der Waals surface area contributed by atoms with E-state index in [-0.39, 0.29) is 5.91 Å². The number of aromatic nitrogens is 1. The number of sulfonamides is 1. The lowest BCUT2D eigenvalue weighted by Crippen LogP contribution is -2.50. The van der Waals surface area contributed by atoms with Gasteiger partial charge in [0.1, 0.15) is 4.88 Å². The summed E-state index contributed by atoms with van der Waals surface area (Å²) >= 11 is 1.39. The Morgan fingerprint density at radius 3 is 1.96 bits per heavy atom. The van der Waals surface area contributed by atoms with Crippen LogP contribution in [0.3, 0.4) is 0 Å². The van der Waals surface area contributed by atoms with E-state index in [0.29, 0.717) is 36.0 Å². The van der Waals surface area contributed by atoms with Crippen LogP contribution in [0.25, 0.3) is 0 Å². The second kappa shape index (κ2) is 7.57. The molecular formula is C20H27N3O3S2. The molecule has 1 aliphatic heterocycles. The fraction of sp³-hybridized carbons (Fsp3) is 0.500. The van der Waals surface area contributed by atoms with Crippen LogP contribution < -0.4 is 0 Å². The number of nitrogens with zero attached hydrogens (tertiary/aromatic N) is 3. The molecule has 1 aromatic carbocycles. The van der Waals surface area contributed by atoms with Crippen molar-refractivity contribution in [1.29, 1.82) is 0 Å². The molecule has 0 N–H and O–H groups in total. The number of hydrogen-bond donors (Lipinski definition) is 0. The second-order valence-corrected chi connectivity index (χ2v) is 10.5. The summed E-state index contributed by atoms with van der Waals surface area (Å²) in [7, 11) is -3.60. The zero-order valence-corrected chi connectivity index (χ0v) is 18.9. The third-order valence-corrected chi connectivity index (χ3v) is 8.75. The number of benzene rings is 1. The van der Waals surface area contributed by atoms with Crippen LogP contribution in [-0.2, 0) is 10.0 Å². The SMILES string of the molecule is Cc1nc(C)c(C(=O)N2CCN(S(=O)(=O)c3c(C)c(C)cc(C)c3C)CC2)s1. The molecule has 0 atom stereocenters. The summed E-state index contributed by atoms with van der Waals surface area (Å²) in [6, 6.07) is 2.03. The quantitative estimate of drug-likeness (QED) is 0.763. The van der Waals surface area contributed by atoms with Crippen molar-refractivity contribution in [2.24, 2.45) is 0 Å². The standard InChI is InChI=1S/C20H27N3O3S2/c1-12-11-13(2)15(4)19(14(12)3)28(25,26)23-9-7-22(8-10-23)20(24)18-16(5)21-17(6)27-18/h11H,7-10H2,1-6H3. The highest BCUT2D eigenvalue weighted by Gasteiger charge is 2.33. The van der Waals surface area contributed by atoms with Crippen LogP contribution in [-0.4, -0.2) is 54.7 Å². The minimum Gasteiger partial charge on any atom is -0.335 e. The molecule has 3 rings (SSSR count). The maximum Gasteiger partial charge on any atom is 0.265 e. The molecule has 152 valence electrons. The summed E-state index contributed by atoms with van der Waals surface area (Å²) in [4.78, 5) is 19.9. The average Bonchev–Trinajstić information content (AvgIpc) is 2.97. The van der Waals surface area contributed by atoms with Crippen molar-refractivity contribution in [3.05, 3.63) is 43.9 Å². The number of piperazine rings is 1. The number of hydrogen-bond acceptors (Lipinski definition) is 5. The molecule has 0 aliphatic carbocycles. The fourth-order valence-electron chi connectivity index (χ4n) is 3.70. The fourth-order valence-corrected chi connectivity index (χ4v) is 6.59. The van der Waals surface area contributed by atoms with Gasteiger partial charge in [-0.3, -0.25) is 4.79 Å². The van der Waals surface area contributed by atoms with Crippen LogP contribution in [0.5, 0.6) is 0 Å². The smallest absolute Gasteiger partial charge is 0.265 e. The molecule has 0 bridgehead atoms. The van der Waals surface area contributed by atoms with Gasteiger partial charge in [0.25, 0.3) is 5.91 Å². The van der Waals surface area contributed by atoms with Crippen LogP contribution in [0, 0.1) is 41.5 Å². The van der Waals surface area contributed by atoms with Crippen molar-refractivity contribution >= 4 is 27.3 Å². The Balaban J connectivity index is 1.82. The lowest BCUT2D eigenvalue weighted by molar-refractivity contribution is 0.0701.